The van der Waals surface area contributed by atoms with Crippen molar-refractivity contribution in [3.63, 3.8) is 0 Å². The summed E-state index contributed by atoms with van der Waals surface area (Å²) in [4.78, 5) is 12.1. The molecule has 1 aromatic carbocycles. The Labute approximate surface area is 161 Å². The Morgan fingerprint density at radius 3 is 2.33 bits per heavy atom. The Morgan fingerprint density at radius 1 is 1.22 bits per heavy atom. The molecule has 0 bridgehead atoms. The summed E-state index contributed by atoms with van der Waals surface area (Å²) in [5.41, 5.74) is -0.867. The molecule has 0 atom stereocenters. The number of halogens is 3. The van der Waals surface area contributed by atoms with Gasteiger partial charge in [0.15, 0.2) is 0 Å². The van der Waals surface area contributed by atoms with Gasteiger partial charge >= 0.3 is 6.18 Å². The molecule has 1 fully saturated rings. The highest BCUT2D eigenvalue weighted by molar-refractivity contribution is 7.99. The third-order valence-corrected chi connectivity index (χ3v) is 6.77. The highest BCUT2D eigenvalue weighted by Crippen LogP contribution is 2.31. The quantitative estimate of drug-likeness (QED) is 0.651. The lowest BCUT2D eigenvalue weighted by atomic mass is 10.2. The third kappa shape index (κ3) is 6.91. The molecule has 0 aliphatic heterocycles. The summed E-state index contributed by atoms with van der Waals surface area (Å²) in [6, 6.07) is 3.69. The first-order valence-corrected chi connectivity index (χ1v) is 11.5. The second kappa shape index (κ2) is 9.18. The molecule has 0 spiro atoms. The molecule has 2 rings (SSSR count). The number of hydrogen-bond donors (Lipinski definition) is 1. The van der Waals surface area contributed by atoms with E-state index in [1.807, 2.05) is 0 Å². The summed E-state index contributed by atoms with van der Waals surface area (Å²) >= 11 is 1.80. The van der Waals surface area contributed by atoms with E-state index in [-0.39, 0.29) is 5.69 Å². The van der Waals surface area contributed by atoms with Gasteiger partial charge in [-0.1, -0.05) is 12.8 Å². The van der Waals surface area contributed by atoms with Crippen molar-refractivity contribution in [2.75, 3.05) is 29.4 Å². The van der Waals surface area contributed by atoms with E-state index in [9.17, 15) is 26.4 Å². The van der Waals surface area contributed by atoms with Crippen LogP contribution in [-0.4, -0.2) is 44.7 Å². The first kappa shape index (κ1) is 21.9. The zero-order valence-electron chi connectivity index (χ0n) is 15.0. The predicted molar refractivity (Wildman–Crippen MR) is 101 cm³/mol. The van der Waals surface area contributed by atoms with Gasteiger partial charge in [0.2, 0.25) is 15.9 Å². The molecule has 1 aromatic rings. The van der Waals surface area contributed by atoms with Crippen LogP contribution in [0, 0.1) is 0 Å². The zero-order chi connectivity index (χ0) is 20.1. The van der Waals surface area contributed by atoms with Crippen molar-refractivity contribution in [1.82, 2.24) is 5.32 Å². The fraction of sp³-hybridized carbons (Fsp3) is 0.588. The average Bonchev–Trinajstić information content (AvgIpc) is 3.08. The number of hydrogen-bond acceptors (Lipinski definition) is 4. The Kier molecular flexibility index (Phi) is 7.44. The van der Waals surface area contributed by atoms with Gasteiger partial charge in [0.05, 0.1) is 17.5 Å². The van der Waals surface area contributed by atoms with Crippen LogP contribution in [0.3, 0.4) is 0 Å². The number of nitrogens with one attached hydrogen (secondary N) is 1. The van der Waals surface area contributed by atoms with E-state index in [1.54, 1.807) is 11.8 Å². The van der Waals surface area contributed by atoms with Crippen molar-refractivity contribution < 1.29 is 26.4 Å². The largest absolute Gasteiger partial charge is 0.416 e. The number of thioether (sulfide) groups is 1. The van der Waals surface area contributed by atoms with Crippen molar-refractivity contribution in [2.45, 2.75) is 37.1 Å². The van der Waals surface area contributed by atoms with Crippen molar-refractivity contribution in [2.24, 2.45) is 0 Å². The van der Waals surface area contributed by atoms with Gasteiger partial charge in [-0.25, -0.2) is 8.42 Å². The van der Waals surface area contributed by atoms with Gasteiger partial charge in [-0.3, -0.25) is 9.10 Å². The molecule has 10 heteroatoms. The van der Waals surface area contributed by atoms with Crippen LogP contribution < -0.4 is 9.62 Å². The maximum Gasteiger partial charge on any atom is 0.416 e. The molecule has 1 aliphatic rings. The average molecular weight is 425 g/mol. The maximum absolute atomic E-state index is 12.7. The number of rotatable bonds is 8. The standard InChI is InChI=1S/C17H23F3N2O3S2/c1-27(24,25)22(14-8-6-13(7-9-14)17(18,19)20)12-16(23)21-10-11-26-15-4-2-3-5-15/h6-9,15H,2-5,10-12H2,1H3,(H,21,23). The van der Waals surface area contributed by atoms with Gasteiger partial charge in [-0.05, 0) is 37.1 Å². The molecule has 0 heterocycles. The normalized spacial score (nSPS) is 15.7. The summed E-state index contributed by atoms with van der Waals surface area (Å²) in [6.45, 7) is -0.0527. The highest BCUT2D eigenvalue weighted by Gasteiger charge is 2.30. The van der Waals surface area contributed by atoms with E-state index in [0.29, 0.717) is 11.8 Å². The van der Waals surface area contributed by atoms with Crippen LogP contribution in [0.5, 0.6) is 0 Å². The van der Waals surface area contributed by atoms with Crippen LogP contribution in [0.4, 0.5) is 18.9 Å². The van der Waals surface area contributed by atoms with Gasteiger partial charge in [0, 0.05) is 17.5 Å². The lowest BCUT2D eigenvalue weighted by Crippen LogP contribution is -2.41. The maximum atomic E-state index is 12.7. The lowest BCUT2D eigenvalue weighted by molar-refractivity contribution is -0.137. The van der Waals surface area contributed by atoms with Gasteiger partial charge in [-0.2, -0.15) is 24.9 Å². The predicted octanol–water partition coefficient (Wildman–Crippen LogP) is 3.26. The number of amides is 1. The Hall–Kier alpha value is -1.42. The van der Waals surface area contributed by atoms with E-state index in [4.69, 9.17) is 0 Å². The molecular weight excluding hydrogens is 401 g/mol. The number of alkyl halides is 3. The number of nitrogens with zero attached hydrogens (tertiary/aromatic N) is 1. The van der Waals surface area contributed by atoms with Crippen LogP contribution in [0.15, 0.2) is 24.3 Å². The Bertz CT molecular complexity index is 731. The van der Waals surface area contributed by atoms with E-state index >= 15 is 0 Å². The van der Waals surface area contributed by atoms with Crippen molar-refractivity contribution in [3.8, 4) is 0 Å². The fourth-order valence-corrected chi connectivity index (χ4v) is 4.95. The zero-order valence-corrected chi connectivity index (χ0v) is 16.6. The first-order chi connectivity index (χ1) is 12.6. The molecule has 0 unspecified atom stereocenters. The van der Waals surface area contributed by atoms with Crippen LogP contribution in [0.1, 0.15) is 31.2 Å². The SMILES string of the molecule is CS(=O)(=O)N(CC(=O)NCCSC1CCCC1)c1ccc(C(F)(F)F)cc1. The highest BCUT2D eigenvalue weighted by atomic mass is 32.2. The number of carbonyl (C=O) groups excluding carboxylic acids is 1. The topological polar surface area (TPSA) is 66.5 Å². The molecular formula is C17H23F3N2O3S2. The third-order valence-electron chi connectivity index (χ3n) is 4.25. The van der Waals surface area contributed by atoms with E-state index in [0.717, 1.165) is 40.6 Å². The smallest absolute Gasteiger partial charge is 0.354 e. The summed E-state index contributed by atoms with van der Waals surface area (Å²) in [7, 11) is -3.82. The molecule has 0 aromatic heterocycles. The summed E-state index contributed by atoms with van der Waals surface area (Å²) in [6.07, 6.45) is 1.25. The van der Waals surface area contributed by atoms with Crippen molar-refractivity contribution in [1.29, 1.82) is 0 Å². The number of benzene rings is 1. The second-order valence-corrected chi connectivity index (χ2v) is 9.76. The minimum Gasteiger partial charge on any atom is -0.354 e. The summed E-state index contributed by atoms with van der Waals surface area (Å²) in [5, 5.41) is 3.30. The summed E-state index contributed by atoms with van der Waals surface area (Å²) in [5.74, 6) is 0.252. The van der Waals surface area contributed by atoms with Crippen molar-refractivity contribution in [3.05, 3.63) is 29.8 Å². The number of anilines is 1. The minimum atomic E-state index is -4.51. The van der Waals surface area contributed by atoms with E-state index < -0.39 is 34.2 Å². The summed E-state index contributed by atoms with van der Waals surface area (Å²) < 4.78 is 62.7. The van der Waals surface area contributed by atoms with Crippen LogP contribution in [-0.2, 0) is 21.0 Å². The Balaban J connectivity index is 1.92. The van der Waals surface area contributed by atoms with Gasteiger partial charge in [0.25, 0.3) is 0 Å². The van der Waals surface area contributed by atoms with Gasteiger partial charge in [0.1, 0.15) is 6.54 Å². The first-order valence-electron chi connectivity index (χ1n) is 8.60. The van der Waals surface area contributed by atoms with Crippen molar-refractivity contribution >= 4 is 33.4 Å². The molecule has 152 valence electrons. The fourth-order valence-electron chi connectivity index (χ4n) is 2.87. The molecule has 1 saturated carbocycles. The number of carbonyl (C=O) groups is 1. The molecule has 1 aliphatic carbocycles. The monoisotopic (exact) mass is 424 g/mol. The molecule has 0 saturated heterocycles. The Morgan fingerprint density at radius 2 is 1.81 bits per heavy atom. The molecule has 1 amide bonds. The van der Waals surface area contributed by atoms with Gasteiger partial charge in [-0.15, -0.1) is 0 Å². The van der Waals surface area contributed by atoms with Crippen LogP contribution in [0.2, 0.25) is 0 Å². The van der Waals surface area contributed by atoms with E-state index in [2.05, 4.69) is 5.32 Å². The number of sulfonamides is 1. The van der Waals surface area contributed by atoms with Crippen LogP contribution >= 0.6 is 11.8 Å². The van der Waals surface area contributed by atoms with E-state index in [1.165, 1.54) is 25.7 Å². The van der Waals surface area contributed by atoms with Gasteiger partial charge < -0.3 is 5.32 Å². The minimum absolute atomic E-state index is 0.0148. The molecule has 0 radical (unpaired) electrons. The lowest BCUT2D eigenvalue weighted by Gasteiger charge is -2.22. The molecule has 27 heavy (non-hydrogen) atoms. The molecule has 1 N–H and O–H groups in total. The second-order valence-electron chi connectivity index (χ2n) is 6.44. The van der Waals surface area contributed by atoms with Crippen LogP contribution in [0.25, 0.3) is 0 Å². The molecule has 5 nitrogen and oxygen atoms in total.